The van der Waals surface area contributed by atoms with Crippen LogP contribution in [0.5, 0.6) is 0 Å². The molecule has 0 atom stereocenters. The molecule has 2 rings (SSSR count). The topological polar surface area (TPSA) is 63.4 Å². The molecule has 4 heteroatoms. The quantitative estimate of drug-likeness (QED) is 0.677. The van der Waals surface area contributed by atoms with Crippen LogP contribution >= 0.6 is 0 Å². The third-order valence-electron chi connectivity index (χ3n) is 3.91. The van der Waals surface area contributed by atoms with Gasteiger partial charge in [-0.05, 0) is 30.9 Å². The Labute approximate surface area is 119 Å². The molecule has 0 unspecified atom stereocenters. The van der Waals surface area contributed by atoms with Crippen LogP contribution in [0.3, 0.4) is 0 Å². The second kappa shape index (κ2) is 6.55. The first-order chi connectivity index (χ1) is 9.56. The molecule has 2 N–H and O–H groups in total. The maximum atomic E-state index is 12.1. The summed E-state index contributed by atoms with van der Waals surface area (Å²) in [5, 5.41) is 0. The fourth-order valence-corrected chi connectivity index (χ4v) is 2.49. The molecule has 0 aromatic heterocycles. The number of carbonyl (C=O) groups is 2. The number of benzene rings is 1. The maximum absolute atomic E-state index is 12.1. The van der Waals surface area contributed by atoms with Crippen molar-refractivity contribution in [3.05, 3.63) is 29.8 Å². The number of rotatable bonds is 4. The highest BCUT2D eigenvalue weighted by molar-refractivity contribution is 5.98. The molecule has 20 heavy (non-hydrogen) atoms. The smallest absolute Gasteiger partial charge is 0.223 e. The minimum Gasteiger partial charge on any atom is -0.399 e. The average Bonchev–Trinajstić information content (AvgIpc) is 2.45. The molecule has 108 valence electrons. The van der Waals surface area contributed by atoms with Gasteiger partial charge in [0.05, 0.1) is 0 Å². The van der Waals surface area contributed by atoms with E-state index in [1.54, 1.807) is 24.3 Å². The van der Waals surface area contributed by atoms with Crippen LogP contribution in [0, 0.1) is 5.92 Å². The summed E-state index contributed by atoms with van der Waals surface area (Å²) in [5.74, 6) is 0.776. The fraction of sp³-hybridized carbons (Fsp3) is 0.500. The zero-order valence-corrected chi connectivity index (χ0v) is 12.0. The largest absolute Gasteiger partial charge is 0.399 e. The van der Waals surface area contributed by atoms with Crippen molar-refractivity contribution in [2.45, 2.75) is 32.6 Å². The van der Waals surface area contributed by atoms with E-state index in [1.165, 1.54) is 0 Å². The van der Waals surface area contributed by atoms with Gasteiger partial charge >= 0.3 is 0 Å². The van der Waals surface area contributed by atoms with E-state index >= 15 is 0 Å². The normalized spacial score (nSPS) is 16.1. The molecule has 0 radical (unpaired) electrons. The highest BCUT2D eigenvalue weighted by Gasteiger charge is 2.20. The van der Waals surface area contributed by atoms with Crippen molar-refractivity contribution >= 4 is 17.4 Å². The number of hydrogen-bond donors (Lipinski definition) is 1. The second-order valence-corrected chi connectivity index (χ2v) is 5.61. The molecule has 1 fully saturated rings. The van der Waals surface area contributed by atoms with Gasteiger partial charge in [0, 0.05) is 37.2 Å². The Kier molecular flexibility index (Phi) is 4.77. The van der Waals surface area contributed by atoms with E-state index in [4.69, 9.17) is 5.73 Å². The number of carbonyl (C=O) groups excluding carboxylic acids is 2. The third kappa shape index (κ3) is 3.83. The van der Waals surface area contributed by atoms with Gasteiger partial charge in [0.1, 0.15) is 0 Å². The molecular formula is C16H22N2O2. The number of Topliss-reactive ketones (excluding diaryl/α,β-unsaturated/α-hetero) is 1. The van der Waals surface area contributed by atoms with Crippen LogP contribution in [0.1, 0.15) is 43.0 Å². The van der Waals surface area contributed by atoms with Crippen LogP contribution in [0.25, 0.3) is 0 Å². The minimum atomic E-state index is -0.0176. The summed E-state index contributed by atoms with van der Waals surface area (Å²) in [4.78, 5) is 25.9. The zero-order valence-electron chi connectivity index (χ0n) is 12.0. The van der Waals surface area contributed by atoms with E-state index in [1.807, 2.05) is 4.90 Å². The number of anilines is 1. The monoisotopic (exact) mass is 274 g/mol. The van der Waals surface area contributed by atoms with Crippen LogP contribution in [0.4, 0.5) is 5.69 Å². The van der Waals surface area contributed by atoms with Crippen LogP contribution in [0.2, 0.25) is 0 Å². The number of piperidine rings is 1. The molecule has 0 spiro atoms. The van der Waals surface area contributed by atoms with E-state index in [0.717, 1.165) is 25.9 Å². The van der Waals surface area contributed by atoms with E-state index in [0.29, 0.717) is 23.6 Å². The van der Waals surface area contributed by atoms with Crippen LogP contribution in [0.15, 0.2) is 24.3 Å². The molecule has 1 amide bonds. The molecule has 0 aliphatic carbocycles. The predicted molar refractivity (Wildman–Crippen MR) is 79.4 cm³/mol. The van der Waals surface area contributed by atoms with Gasteiger partial charge in [-0.15, -0.1) is 0 Å². The summed E-state index contributed by atoms with van der Waals surface area (Å²) in [7, 11) is 0. The average molecular weight is 274 g/mol. The Balaban J connectivity index is 1.82. The molecule has 1 aromatic rings. The highest BCUT2D eigenvalue weighted by Crippen LogP contribution is 2.17. The first-order valence-electron chi connectivity index (χ1n) is 7.23. The van der Waals surface area contributed by atoms with Gasteiger partial charge in [0.2, 0.25) is 5.91 Å². The van der Waals surface area contributed by atoms with Gasteiger partial charge in [0.25, 0.3) is 0 Å². The first-order valence-corrected chi connectivity index (χ1v) is 7.23. The van der Waals surface area contributed by atoms with E-state index in [2.05, 4.69) is 6.92 Å². The fourth-order valence-electron chi connectivity index (χ4n) is 2.49. The van der Waals surface area contributed by atoms with Gasteiger partial charge in [-0.2, -0.15) is 0 Å². The van der Waals surface area contributed by atoms with Crippen LogP contribution < -0.4 is 5.73 Å². The summed E-state index contributed by atoms with van der Waals surface area (Å²) in [6, 6.07) is 6.91. The minimum absolute atomic E-state index is 0.0176. The lowest BCUT2D eigenvalue weighted by Gasteiger charge is -2.30. The number of nitrogen functional groups attached to an aromatic ring is 1. The second-order valence-electron chi connectivity index (χ2n) is 5.61. The lowest BCUT2D eigenvalue weighted by atomic mass is 9.98. The molecule has 1 saturated heterocycles. The van der Waals surface area contributed by atoms with Gasteiger partial charge in [0.15, 0.2) is 5.78 Å². The van der Waals surface area contributed by atoms with Crippen molar-refractivity contribution in [2.75, 3.05) is 18.8 Å². The lowest BCUT2D eigenvalue weighted by molar-refractivity contribution is -0.132. The Bertz CT molecular complexity index is 491. The van der Waals surface area contributed by atoms with Crippen molar-refractivity contribution in [3.8, 4) is 0 Å². The van der Waals surface area contributed by atoms with Crippen molar-refractivity contribution < 1.29 is 9.59 Å². The number of nitrogens with zero attached hydrogens (tertiary/aromatic N) is 1. The zero-order chi connectivity index (χ0) is 14.5. The van der Waals surface area contributed by atoms with Gasteiger partial charge in [-0.3, -0.25) is 9.59 Å². The Morgan fingerprint density at radius 3 is 2.60 bits per heavy atom. The van der Waals surface area contributed by atoms with Crippen molar-refractivity contribution in [1.82, 2.24) is 4.90 Å². The number of nitrogens with two attached hydrogens (primary N) is 1. The van der Waals surface area contributed by atoms with Gasteiger partial charge < -0.3 is 10.6 Å². The first kappa shape index (κ1) is 14.6. The molecule has 1 heterocycles. The number of hydrogen-bond acceptors (Lipinski definition) is 3. The van der Waals surface area contributed by atoms with E-state index < -0.39 is 0 Å². The SMILES string of the molecule is CC1CCN(C(=O)CCC(=O)c2cccc(N)c2)CC1. The van der Waals surface area contributed by atoms with Crippen LogP contribution in [-0.4, -0.2) is 29.7 Å². The Morgan fingerprint density at radius 1 is 1.25 bits per heavy atom. The summed E-state index contributed by atoms with van der Waals surface area (Å²) in [6.45, 7) is 3.87. The predicted octanol–water partition coefficient (Wildman–Crippen LogP) is 2.49. The molecule has 0 saturated carbocycles. The Hall–Kier alpha value is -1.84. The van der Waals surface area contributed by atoms with E-state index in [9.17, 15) is 9.59 Å². The standard InChI is InChI=1S/C16H22N2O2/c1-12-7-9-18(10-8-12)16(20)6-5-15(19)13-3-2-4-14(17)11-13/h2-4,11-12H,5-10,17H2,1H3. The number of amides is 1. The molecule has 1 aliphatic heterocycles. The van der Waals surface area contributed by atoms with Gasteiger partial charge in [-0.1, -0.05) is 19.1 Å². The third-order valence-corrected chi connectivity index (χ3v) is 3.91. The van der Waals surface area contributed by atoms with Crippen LogP contribution in [-0.2, 0) is 4.79 Å². The molecule has 0 bridgehead atoms. The molecular weight excluding hydrogens is 252 g/mol. The van der Waals surface area contributed by atoms with Crippen molar-refractivity contribution in [3.63, 3.8) is 0 Å². The summed E-state index contributed by atoms with van der Waals surface area (Å²) >= 11 is 0. The maximum Gasteiger partial charge on any atom is 0.223 e. The lowest BCUT2D eigenvalue weighted by Crippen LogP contribution is -2.38. The molecule has 4 nitrogen and oxygen atoms in total. The molecule has 1 aromatic carbocycles. The van der Waals surface area contributed by atoms with Crippen molar-refractivity contribution in [2.24, 2.45) is 5.92 Å². The van der Waals surface area contributed by atoms with Crippen molar-refractivity contribution in [1.29, 1.82) is 0 Å². The molecule has 1 aliphatic rings. The summed E-state index contributed by atoms with van der Waals surface area (Å²) < 4.78 is 0. The Morgan fingerprint density at radius 2 is 1.95 bits per heavy atom. The summed E-state index contributed by atoms with van der Waals surface area (Å²) in [5.41, 5.74) is 6.82. The summed E-state index contributed by atoms with van der Waals surface area (Å²) in [6.07, 6.45) is 2.68. The number of ketones is 1. The van der Waals surface area contributed by atoms with E-state index in [-0.39, 0.29) is 18.1 Å². The highest BCUT2D eigenvalue weighted by atomic mass is 16.2. The number of likely N-dealkylation sites (tertiary alicyclic amines) is 1. The van der Waals surface area contributed by atoms with Gasteiger partial charge in [-0.25, -0.2) is 0 Å².